The predicted molar refractivity (Wildman–Crippen MR) is 77.2 cm³/mol. The van der Waals surface area contributed by atoms with Crippen molar-refractivity contribution in [2.45, 2.75) is 71.1 Å². The standard InChI is InChI=1S/C16H30O/c1-2-3-4-5-6-7-8-9-10-11-12-13-14-15-16-17/h4-5,8-9,17H,2-3,6-7,10-16H2,1H3/b5-4-,9-8-. The van der Waals surface area contributed by atoms with Gasteiger partial charge in [0.2, 0.25) is 0 Å². The van der Waals surface area contributed by atoms with E-state index < -0.39 is 0 Å². The van der Waals surface area contributed by atoms with E-state index in [0.29, 0.717) is 6.61 Å². The summed E-state index contributed by atoms with van der Waals surface area (Å²) in [5, 5.41) is 8.63. The number of allylic oxidation sites excluding steroid dienone is 4. The normalized spacial score (nSPS) is 11.9. The Kier molecular flexibility index (Phi) is 14.9. The Morgan fingerprint density at radius 1 is 0.647 bits per heavy atom. The fourth-order valence-electron chi connectivity index (χ4n) is 1.73. The van der Waals surface area contributed by atoms with Gasteiger partial charge in [-0.1, -0.05) is 56.9 Å². The Morgan fingerprint density at radius 3 is 1.82 bits per heavy atom. The molecule has 17 heavy (non-hydrogen) atoms. The van der Waals surface area contributed by atoms with E-state index in [-0.39, 0.29) is 0 Å². The summed E-state index contributed by atoms with van der Waals surface area (Å²) in [6.07, 6.45) is 21.3. The lowest BCUT2D eigenvalue weighted by molar-refractivity contribution is 0.282. The molecule has 0 saturated heterocycles. The van der Waals surface area contributed by atoms with Crippen molar-refractivity contribution in [3.05, 3.63) is 24.3 Å². The molecular weight excluding hydrogens is 208 g/mol. The third-order valence-electron chi connectivity index (χ3n) is 2.82. The van der Waals surface area contributed by atoms with Crippen LogP contribution in [0.1, 0.15) is 71.1 Å². The van der Waals surface area contributed by atoms with Crippen molar-refractivity contribution < 1.29 is 5.11 Å². The van der Waals surface area contributed by atoms with Crippen LogP contribution in [0.15, 0.2) is 24.3 Å². The van der Waals surface area contributed by atoms with E-state index in [4.69, 9.17) is 5.11 Å². The molecule has 1 nitrogen and oxygen atoms in total. The summed E-state index contributed by atoms with van der Waals surface area (Å²) in [7, 11) is 0. The Morgan fingerprint density at radius 2 is 1.18 bits per heavy atom. The maximum atomic E-state index is 8.63. The Labute approximate surface area is 108 Å². The molecule has 0 aliphatic carbocycles. The molecule has 0 unspecified atom stereocenters. The molecular formula is C16H30O. The van der Waals surface area contributed by atoms with Crippen LogP contribution in [0, 0.1) is 0 Å². The first-order valence-electron chi connectivity index (χ1n) is 7.32. The number of rotatable bonds is 12. The Balaban J connectivity index is 3.09. The van der Waals surface area contributed by atoms with Gasteiger partial charge in [-0.15, -0.1) is 0 Å². The second-order valence-electron chi connectivity index (χ2n) is 4.59. The summed E-state index contributed by atoms with van der Waals surface area (Å²) in [6, 6.07) is 0. The van der Waals surface area contributed by atoms with Gasteiger partial charge in [-0.25, -0.2) is 0 Å². The van der Waals surface area contributed by atoms with Crippen LogP contribution in [0.3, 0.4) is 0 Å². The maximum Gasteiger partial charge on any atom is 0.0431 e. The number of aliphatic hydroxyl groups is 1. The zero-order valence-corrected chi connectivity index (χ0v) is 11.5. The van der Waals surface area contributed by atoms with Gasteiger partial charge in [0.05, 0.1) is 0 Å². The zero-order chi connectivity index (χ0) is 12.6. The lowest BCUT2D eigenvalue weighted by Crippen LogP contribution is -1.83. The molecule has 0 atom stereocenters. The number of aliphatic hydroxyl groups excluding tert-OH is 1. The van der Waals surface area contributed by atoms with Crippen LogP contribution in [-0.2, 0) is 0 Å². The van der Waals surface area contributed by atoms with Gasteiger partial charge in [0.25, 0.3) is 0 Å². The summed E-state index contributed by atoms with van der Waals surface area (Å²) in [5.74, 6) is 0. The minimum absolute atomic E-state index is 0.353. The smallest absolute Gasteiger partial charge is 0.0431 e. The van der Waals surface area contributed by atoms with Gasteiger partial charge in [0.1, 0.15) is 0 Å². The SMILES string of the molecule is CCC/C=C\CC/C=C\CCCCCCCO. The average Bonchev–Trinajstić information content (AvgIpc) is 2.35. The highest BCUT2D eigenvalue weighted by molar-refractivity contribution is 4.87. The molecule has 0 spiro atoms. The molecule has 0 radical (unpaired) electrons. The molecule has 0 bridgehead atoms. The van der Waals surface area contributed by atoms with Crippen LogP contribution in [0.4, 0.5) is 0 Å². The first-order valence-corrected chi connectivity index (χ1v) is 7.32. The summed E-state index contributed by atoms with van der Waals surface area (Å²) in [4.78, 5) is 0. The molecule has 0 amide bonds. The van der Waals surface area contributed by atoms with E-state index in [0.717, 1.165) is 6.42 Å². The highest BCUT2D eigenvalue weighted by Crippen LogP contribution is 2.06. The van der Waals surface area contributed by atoms with Crippen molar-refractivity contribution in [2.75, 3.05) is 6.61 Å². The van der Waals surface area contributed by atoms with E-state index in [1.165, 1.54) is 57.8 Å². The molecule has 1 N–H and O–H groups in total. The van der Waals surface area contributed by atoms with Gasteiger partial charge < -0.3 is 5.11 Å². The van der Waals surface area contributed by atoms with E-state index in [1.54, 1.807) is 0 Å². The summed E-state index contributed by atoms with van der Waals surface area (Å²) >= 11 is 0. The summed E-state index contributed by atoms with van der Waals surface area (Å²) in [6.45, 7) is 2.57. The quantitative estimate of drug-likeness (QED) is 0.374. The summed E-state index contributed by atoms with van der Waals surface area (Å²) < 4.78 is 0. The van der Waals surface area contributed by atoms with Crippen molar-refractivity contribution in [3.8, 4) is 0 Å². The molecule has 0 aliphatic heterocycles. The monoisotopic (exact) mass is 238 g/mol. The third-order valence-corrected chi connectivity index (χ3v) is 2.82. The third kappa shape index (κ3) is 15.4. The Bertz CT molecular complexity index is 182. The predicted octanol–water partition coefficient (Wildman–Crippen LogP) is 5.01. The van der Waals surface area contributed by atoms with Gasteiger partial charge in [-0.3, -0.25) is 0 Å². The average molecular weight is 238 g/mol. The topological polar surface area (TPSA) is 20.2 Å². The van der Waals surface area contributed by atoms with E-state index in [1.807, 2.05) is 0 Å². The van der Waals surface area contributed by atoms with E-state index in [2.05, 4.69) is 31.2 Å². The molecule has 0 rings (SSSR count). The van der Waals surface area contributed by atoms with Gasteiger partial charge in [0.15, 0.2) is 0 Å². The zero-order valence-electron chi connectivity index (χ0n) is 11.5. The number of unbranched alkanes of at least 4 members (excludes halogenated alkanes) is 7. The second kappa shape index (κ2) is 15.4. The molecule has 0 fully saturated rings. The number of hydrogen-bond donors (Lipinski definition) is 1. The van der Waals surface area contributed by atoms with Gasteiger partial charge in [0, 0.05) is 6.61 Å². The Hall–Kier alpha value is -0.560. The lowest BCUT2D eigenvalue weighted by atomic mass is 10.1. The molecule has 0 aromatic carbocycles. The van der Waals surface area contributed by atoms with Gasteiger partial charge >= 0.3 is 0 Å². The van der Waals surface area contributed by atoms with Crippen LogP contribution < -0.4 is 0 Å². The van der Waals surface area contributed by atoms with E-state index >= 15 is 0 Å². The van der Waals surface area contributed by atoms with Crippen molar-refractivity contribution in [3.63, 3.8) is 0 Å². The van der Waals surface area contributed by atoms with Crippen LogP contribution in [0.25, 0.3) is 0 Å². The second-order valence-corrected chi connectivity index (χ2v) is 4.59. The van der Waals surface area contributed by atoms with Crippen LogP contribution in [0.2, 0.25) is 0 Å². The number of hydrogen-bond acceptors (Lipinski definition) is 1. The maximum absolute atomic E-state index is 8.63. The first kappa shape index (κ1) is 16.4. The molecule has 0 saturated carbocycles. The summed E-state index contributed by atoms with van der Waals surface area (Å²) in [5.41, 5.74) is 0. The largest absolute Gasteiger partial charge is 0.396 e. The minimum atomic E-state index is 0.353. The highest BCUT2D eigenvalue weighted by atomic mass is 16.2. The molecule has 0 aromatic heterocycles. The highest BCUT2D eigenvalue weighted by Gasteiger charge is 1.88. The fraction of sp³-hybridized carbons (Fsp3) is 0.750. The van der Waals surface area contributed by atoms with Crippen molar-refractivity contribution in [2.24, 2.45) is 0 Å². The fourth-order valence-corrected chi connectivity index (χ4v) is 1.73. The van der Waals surface area contributed by atoms with Crippen LogP contribution >= 0.6 is 0 Å². The van der Waals surface area contributed by atoms with Gasteiger partial charge in [-0.2, -0.15) is 0 Å². The molecule has 0 aromatic rings. The minimum Gasteiger partial charge on any atom is -0.396 e. The molecule has 0 aliphatic rings. The van der Waals surface area contributed by atoms with Crippen molar-refractivity contribution >= 4 is 0 Å². The lowest BCUT2D eigenvalue weighted by Gasteiger charge is -1.97. The van der Waals surface area contributed by atoms with Gasteiger partial charge in [-0.05, 0) is 38.5 Å². The molecule has 0 heterocycles. The van der Waals surface area contributed by atoms with Crippen molar-refractivity contribution in [1.29, 1.82) is 0 Å². The first-order chi connectivity index (χ1) is 8.41. The molecule has 1 heteroatoms. The van der Waals surface area contributed by atoms with Crippen LogP contribution in [-0.4, -0.2) is 11.7 Å². The van der Waals surface area contributed by atoms with E-state index in [9.17, 15) is 0 Å². The van der Waals surface area contributed by atoms with Crippen LogP contribution in [0.5, 0.6) is 0 Å². The van der Waals surface area contributed by atoms with Crippen molar-refractivity contribution in [1.82, 2.24) is 0 Å². The molecule has 100 valence electrons.